The second-order valence-electron chi connectivity index (χ2n) is 5.33. The predicted octanol–water partition coefficient (Wildman–Crippen LogP) is 2.74. The zero-order valence-electron chi connectivity index (χ0n) is 14.6. The first kappa shape index (κ1) is 23.6. The highest BCUT2D eigenvalue weighted by Gasteiger charge is 2.13. The van der Waals surface area contributed by atoms with Crippen LogP contribution in [-0.2, 0) is 16.6 Å². The van der Waals surface area contributed by atoms with Crippen molar-refractivity contribution in [3.05, 3.63) is 64.9 Å². The second kappa shape index (κ2) is 11.4. The van der Waals surface area contributed by atoms with Gasteiger partial charge >= 0.3 is 0 Å². The number of benzene rings is 2. The zero-order valence-corrected chi connectivity index (χ0v) is 18.5. The molecule has 2 rings (SSSR count). The monoisotopic (exact) mass is 526 g/mol. The van der Waals surface area contributed by atoms with Crippen LogP contribution in [0.3, 0.4) is 0 Å². The van der Waals surface area contributed by atoms with E-state index in [1.54, 1.807) is 31.3 Å². The van der Waals surface area contributed by atoms with E-state index in [1.165, 1.54) is 24.3 Å². The van der Waals surface area contributed by atoms with E-state index in [9.17, 15) is 12.8 Å². The number of nitrogens with one attached hydrogen (secondary N) is 3. The van der Waals surface area contributed by atoms with Gasteiger partial charge in [-0.2, -0.15) is 0 Å². The fraction of sp³-hybridized carbons (Fsp3) is 0.235. The number of hydrogen-bond acceptors (Lipinski definition) is 3. The number of aliphatic imine (C=N–C) groups is 1. The molecule has 0 aromatic heterocycles. The summed E-state index contributed by atoms with van der Waals surface area (Å²) in [6.07, 6.45) is 0. The van der Waals surface area contributed by atoms with Crippen molar-refractivity contribution in [3.63, 3.8) is 0 Å². The molecule has 0 aliphatic rings. The summed E-state index contributed by atoms with van der Waals surface area (Å²) in [5, 5.41) is 6.42. The van der Waals surface area contributed by atoms with Crippen LogP contribution in [0.2, 0.25) is 5.02 Å². The quantitative estimate of drug-likeness (QED) is 0.224. The number of hydrogen-bond donors (Lipinski definition) is 3. The van der Waals surface area contributed by atoms with Crippen LogP contribution in [0.5, 0.6) is 0 Å². The van der Waals surface area contributed by atoms with E-state index in [-0.39, 0.29) is 41.2 Å². The highest BCUT2D eigenvalue weighted by atomic mass is 127. The van der Waals surface area contributed by atoms with Crippen molar-refractivity contribution < 1.29 is 12.8 Å². The molecule has 0 spiro atoms. The number of halogens is 3. The normalized spacial score (nSPS) is 11.6. The third-order valence-corrected chi connectivity index (χ3v) is 5.11. The molecule has 10 heteroatoms. The summed E-state index contributed by atoms with van der Waals surface area (Å²) >= 11 is 5.82. The molecule has 0 saturated heterocycles. The van der Waals surface area contributed by atoms with E-state index in [2.05, 4.69) is 20.3 Å². The largest absolute Gasteiger partial charge is 0.355 e. The maximum Gasteiger partial charge on any atom is 0.240 e. The molecule has 27 heavy (non-hydrogen) atoms. The third kappa shape index (κ3) is 7.99. The summed E-state index contributed by atoms with van der Waals surface area (Å²) in [6, 6.07) is 12.2. The van der Waals surface area contributed by atoms with Gasteiger partial charge in [0.25, 0.3) is 0 Å². The molecule has 6 nitrogen and oxygen atoms in total. The Kier molecular flexibility index (Phi) is 9.99. The Labute approximate surface area is 180 Å². The van der Waals surface area contributed by atoms with Crippen molar-refractivity contribution in [2.75, 3.05) is 20.1 Å². The number of nitrogens with zero attached hydrogens (tertiary/aromatic N) is 1. The molecule has 2 aromatic carbocycles. The van der Waals surface area contributed by atoms with Crippen molar-refractivity contribution in [2.24, 2.45) is 4.99 Å². The first-order valence-corrected chi connectivity index (χ1v) is 9.71. The molecule has 3 N–H and O–H groups in total. The molecule has 148 valence electrons. The van der Waals surface area contributed by atoms with Crippen LogP contribution in [-0.4, -0.2) is 34.5 Å². The molecule has 0 radical (unpaired) electrons. The molecule has 0 amide bonds. The van der Waals surface area contributed by atoms with Crippen LogP contribution in [0.1, 0.15) is 5.56 Å². The summed E-state index contributed by atoms with van der Waals surface area (Å²) in [6.45, 7) is 0.975. The minimum absolute atomic E-state index is 0. The van der Waals surface area contributed by atoms with Crippen LogP contribution in [0.15, 0.2) is 58.4 Å². The Morgan fingerprint density at radius 2 is 1.81 bits per heavy atom. The third-order valence-electron chi connectivity index (χ3n) is 3.41. The van der Waals surface area contributed by atoms with Gasteiger partial charge in [0.2, 0.25) is 10.0 Å². The lowest BCUT2D eigenvalue weighted by molar-refractivity contribution is 0.580. The van der Waals surface area contributed by atoms with Crippen LogP contribution >= 0.6 is 35.6 Å². The van der Waals surface area contributed by atoms with Gasteiger partial charge in [0.15, 0.2) is 5.96 Å². The average Bonchev–Trinajstić information content (AvgIpc) is 2.62. The van der Waals surface area contributed by atoms with E-state index in [1.807, 2.05) is 0 Å². The van der Waals surface area contributed by atoms with Crippen molar-refractivity contribution >= 4 is 51.6 Å². The van der Waals surface area contributed by atoms with Gasteiger partial charge in [-0.25, -0.2) is 17.5 Å². The van der Waals surface area contributed by atoms with Gasteiger partial charge in [-0.15, -0.1) is 24.0 Å². The van der Waals surface area contributed by atoms with Crippen LogP contribution in [0.25, 0.3) is 0 Å². The second-order valence-corrected chi connectivity index (χ2v) is 7.54. The Balaban J connectivity index is 0.00000364. The molecule has 0 saturated carbocycles. The van der Waals surface area contributed by atoms with Crippen molar-refractivity contribution in [1.82, 2.24) is 15.4 Å². The van der Waals surface area contributed by atoms with Crippen molar-refractivity contribution in [1.29, 1.82) is 0 Å². The Morgan fingerprint density at radius 1 is 1.11 bits per heavy atom. The fourth-order valence-electron chi connectivity index (χ4n) is 2.09. The summed E-state index contributed by atoms with van der Waals surface area (Å²) in [7, 11) is -2.01. The van der Waals surface area contributed by atoms with Gasteiger partial charge in [0.1, 0.15) is 5.82 Å². The lowest BCUT2D eigenvalue weighted by Gasteiger charge is -2.12. The minimum atomic E-state index is -3.62. The Hall–Kier alpha value is -1.43. The van der Waals surface area contributed by atoms with Crippen molar-refractivity contribution in [3.8, 4) is 0 Å². The van der Waals surface area contributed by atoms with E-state index < -0.39 is 10.0 Å². The molecule has 0 fully saturated rings. The molecule has 0 aliphatic heterocycles. The standard InChI is InChI=1S/C17H20ClFN4O2S.HI/c1-20-17(22-12-13-5-7-15(19)8-6-13)21-9-10-23-26(24,25)16-4-2-3-14(18)11-16;/h2-8,11,23H,9-10,12H2,1H3,(H2,20,21,22);1H. The van der Waals surface area contributed by atoms with E-state index >= 15 is 0 Å². The lowest BCUT2D eigenvalue weighted by atomic mass is 10.2. The van der Waals surface area contributed by atoms with Crippen LogP contribution in [0.4, 0.5) is 4.39 Å². The zero-order chi connectivity index (χ0) is 19.0. The average molecular weight is 527 g/mol. The van der Waals surface area contributed by atoms with Crippen LogP contribution in [0, 0.1) is 5.82 Å². The molecule has 0 unspecified atom stereocenters. The molecule has 0 heterocycles. The number of rotatable bonds is 7. The maximum atomic E-state index is 12.9. The molecule has 0 aliphatic carbocycles. The number of sulfonamides is 1. The molecular weight excluding hydrogens is 506 g/mol. The molecule has 0 atom stereocenters. The fourth-order valence-corrected chi connectivity index (χ4v) is 3.42. The van der Waals surface area contributed by atoms with Gasteiger partial charge in [0, 0.05) is 31.7 Å². The predicted molar refractivity (Wildman–Crippen MR) is 117 cm³/mol. The highest BCUT2D eigenvalue weighted by Crippen LogP contribution is 2.14. The van der Waals surface area contributed by atoms with E-state index in [4.69, 9.17) is 11.6 Å². The smallest absolute Gasteiger partial charge is 0.240 e. The molecule has 2 aromatic rings. The van der Waals surface area contributed by atoms with Gasteiger partial charge in [0.05, 0.1) is 4.90 Å². The highest BCUT2D eigenvalue weighted by molar-refractivity contribution is 14.0. The Morgan fingerprint density at radius 3 is 2.44 bits per heavy atom. The van der Waals surface area contributed by atoms with Gasteiger partial charge in [-0.3, -0.25) is 4.99 Å². The minimum Gasteiger partial charge on any atom is -0.355 e. The first-order chi connectivity index (χ1) is 12.4. The first-order valence-electron chi connectivity index (χ1n) is 7.85. The van der Waals surface area contributed by atoms with E-state index in [0.717, 1.165) is 5.56 Å². The SMILES string of the molecule is CN=C(NCCNS(=O)(=O)c1cccc(Cl)c1)NCc1ccc(F)cc1.I. The summed E-state index contributed by atoms with van der Waals surface area (Å²) in [5.74, 6) is 0.222. The van der Waals surface area contributed by atoms with Gasteiger partial charge in [-0.1, -0.05) is 29.8 Å². The molecule has 0 bridgehead atoms. The van der Waals surface area contributed by atoms with Crippen LogP contribution < -0.4 is 15.4 Å². The van der Waals surface area contributed by atoms with E-state index in [0.29, 0.717) is 24.1 Å². The lowest BCUT2D eigenvalue weighted by Crippen LogP contribution is -2.41. The summed E-state index contributed by atoms with van der Waals surface area (Å²) < 4.78 is 39.7. The van der Waals surface area contributed by atoms with Crippen molar-refractivity contribution in [2.45, 2.75) is 11.4 Å². The van der Waals surface area contributed by atoms with Gasteiger partial charge in [-0.05, 0) is 35.9 Å². The summed E-state index contributed by atoms with van der Waals surface area (Å²) in [4.78, 5) is 4.16. The maximum absolute atomic E-state index is 12.9. The summed E-state index contributed by atoms with van der Waals surface area (Å²) in [5.41, 5.74) is 0.899. The number of guanidine groups is 1. The topological polar surface area (TPSA) is 82.6 Å². The molecular formula is C17H21ClFIN4O2S. The Bertz CT molecular complexity index is 863. The van der Waals surface area contributed by atoms with Gasteiger partial charge < -0.3 is 10.6 Å².